The van der Waals surface area contributed by atoms with Gasteiger partial charge in [-0.2, -0.15) is 0 Å². The van der Waals surface area contributed by atoms with Gasteiger partial charge in [0.25, 0.3) is 5.91 Å². The molecule has 1 amide bonds. The topological polar surface area (TPSA) is 45.2 Å². The predicted molar refractivity (Wildman–Crippen MR) is 113 cm³/mol. The summed E-state index contributed by atoms with van der Waals surface area (Å²) >= 11 is 0. The van der Waals surface area contributed by atoms with Gasteiger partial charge in [0, 0.05) is 24.8 Å². The molecular formula is C24H29N3O. The summed E-state index contributed by atoms with van der Waals surface area (Å²) in [5.41, 5.74) is 5.83. The Hall–Kier alpha value is -2.46. The zero-order valence-electron chi connectivity index (χ0n) is 16.9. The van der Waals surface area contributed by atoms with E-state index in [2.05, 4.69) is 46.7 Å². The number of nitrogens with one attached hydrogen (secondary N) is 1. The molecule has 4 nitrogen and oxygen atoms in total. The Bertz CT molecular complexity index is 875. The molecule has 1 aromatic heterocycles. The molecule has 1 spiro atoms. The first-order valence-corrected chi connectivity index (χ1v) is 10.4. The van der Waals surface area contributed by atoms with E-state index in [1.807, 2.05) is 26.1 Å². The van der Waals surface area contributed by atoms with Gasteiger partial charge in [0.05, 0.1) is 0 Å². The van der Waals surface area contributed by atoms with Gasteiger partial charge < -0.3 is 10.2 Å². The van der Waals surface area contributed by atoms with Gasteiger partial charge in [-0.05, 0) is 74.4 Å². The molecule has 2 heterocycles. The van der Waals surface area contributed by atoms with Crippen molar-refractivity contribution < 1.29 is 4.79 Å². The van der Waals surface area contributed by atoms with Crippen LogP contribution in [0.1, 0.15) is 53.9 Å². The van der Waals surface area contributed by atoms with E-state index in [0.29, 0.717) is 18.8 Å². The van der Waals surface area contributed by atoms with Crippen molar-refractivity contribution in [2.24, 2.45) is 5.41 Å². The second-order valence-corrected chi connectivity index (χ2v) is 7.91. The lowest BCUT2D eigenvalue weighted by molar-refractivity contribution is 0.0767. The Labute approximate surface area is 167 Å². The number of pyridine rings is 1. The number of carbonyl (C=O) groups excluding carboxylic acids is 1. The van der Waals surface area contributed by atoms with E-state index < -0.39 is 0 Å². The Morgan fingerprint density at radius 1 is 1.11 bits per heavy atom. The van der Waals surface area contributed by atoms with Gasteiger partial charge >= 0.3 is 0 Å². The molecule has 2 aliphatic rings. The molecule has 4 heteroatoms. The summed E-state index contributed by atoms with van der Waals surface area (Å²) in [6, 6.07) is 12.7. The average molecular weight is 376 g/mol. The summed E-state index contributed by atoms with van der Waals surface area (Å²) in [6.07, 6.45) is 7.80. The predicted octanol–water partition coefficient (Wildman–Crippen LogP) is 3.92. The SMILES string of the molecule is CCN(CC)C(=O)c1ccc(C2=CC3(CCNCC3)Cc3ccccc32)cn1. The van der Waals surface area contributed by atoms with Crippen LogP contribution in [-0.2, 0) is 6.42 Å². The molecule has 28 heavy (non-hydrogen) atoms. The minimum atomic E-state index is 0.00407. The highest BCUT2D eigenvalue weighted by molar-refractivity contribution is 5.93. The lowest BCUT2D eigenvalue weighted by Gasteiger charge is -2.39. The standard InChI is InChI=1S/C24H29N3O/c1-3-27(4-2)23(28)22-10-9-19(17-26-22)21-16-24(11-13-25-14-12-24)15-18-7-5-6-8-20(18)21/h5-10,16-17,25H,3-4,11-15H2,1-2H3. The number of hydrogen-bond donors (Lipinski definition) is 1. The van der Waals surface area contributed by atoms with E-state index in [1.165, 1.54) is 16.7 Å². The van der Waals surface area contributed by atoms with Crippen molar-refractivity contribution in [1.29, 1.82) is 0 Å². The Kier molecular flexibility index (Phi) is 5.31. The molecule has 0 atom stereocenters. The minimum Gasteiger partial charge on any atom is -0.338 e. The molecule has 1 aliphatic heterocycles. The highest BCUT2D eigenvalue weighted by Crippen LogP contribution is 2.44. The maximum atomic E-state index is 12.6. The fourth-order valence-corrected chi connectivity index (χ4v) is 4.59. The van der Waals surface area contributed by atoms with Crippen LogP contribution in [0.3, 0.4) is 0 Å². The number of hydrogen-bond acceptors (Lipinski definition) is 3. The van der Waals surface area contributed by atoms with Gasteiger partial charge in [-0.25, -0.2) is 0 Å². The highest BCUT2D eigenvalue weighted by atomic mass is 16.2. The Morgan fingerprint density at radius 3 is 2.54 bits per heavy atom. The van der Waals surface area contributed by atoms with E-state index in [4.69, 9.17) is 0 Å². The van der Waals surface area contributed by atoms with Crippen LogP contribution in [0.25, 0.3) is 5.57 Å². The fourth-order valence-electron chi connectivity index (χ4n) is 4.59. The van der Waals surface area contributed by atoms with Crippen molar-refractivity contribution in [3.05, 3.63) is 71.1 Å². The van der Waals surface area contributed by atoms with Crippen LogP contribution < -0.4 is 5.32 Å². The number of aromatic nitrogens is 1. The second kappa shape index (κ2) is 7.88. The van der Waals surface area contributed by atoms with Crippen molar-refractivity contribution in [3.8, 4) is 0 Å². The van der Waals surface area contributed by atoms with Crippen molar-refractivity contribution in [2.75, 3.05) is 26.2 Å². The van der Waals surface area contributed by atoms with Crippen LogP contribution in [0.2, 0.25) is 0 Å². The van der Waals surface area contributed by atoms with Gasteiger partial charge in [0.2, 0.25) is 0 Å². The van der Waals surface area contributed by atoms with E-state index in [-0.39, 0.29) is 11.3 Å². The van der Waals surface area contributed by atoms with Crippen molar-refractivity contribution in [3.63, 3.8) is 0 Å². The van der Waals surface area contributed by atoms with E-state index >= 15 is 0 Å². The van der Waals surface area contributed by atoms with E-state index in [9.17, 15) is 4.79 Å². The molecule has 0 radical (unpaired) electrons. The average Bonchev–Trinajstić information content (AvgIpc) is 2.74. The van der Waals surface area contributed by atoms with Crippen LogP contribution in [0.5, 0.6) is 0 Å². The first kappa shape index (κ1) is 18.9. The van der Waals surface area contributed by atoms with Crippen LogP contribution in [0.4, 0.5) is 0 Å². The first-order valence-electron chi connectivity index (χ1n) is 10.4. The van der Waals surface area contributed by atoms with Crippen LogP contribution in [-0.4, -0.2) is 42.0 Å². The van der Waals surface area contributed by atoms with Gasteiger partial charge in [-0.1, -0.05) is 36.4 Å². The third-order valence-electron chi connectivity index (χ3n) is 6.24. The molecule has 1 fully saturated rings. The second-order valence-electron chi connectivity index (χ2n) is 7.91. The number of benzene rings is 1. The summed E-state index contributed by atoms with van der Waals surface area (Å²) in [4.78, 5) is 18.9. The molecule has 2 aromatic rings. The van der Waals surface area contributed by atoms with Gasteiger partial charge in [0.15, 0.2) is 0 Å². The third kappa shape index (κ3) is 3.49. The third-order valence-corrected chi connectivity index (χ3v) is 6.24. The van der Waals surface area contributed by atoms with E-state index in [0.717, 1.165) is 37.9 Å². The minimum absolute atomic E-state index is 0.00407. The van der Waals surface area contributed by atoms with Gasteiger partial charge in [-0.3, -0.25) is 9.78 Å². The van der Waals surface area contributed by atoms with Crippen molar-refractivity contribution in [2.45, 2.75) is 33.1 Å². The van der Waals surface area contributed by atoms with Gasteiger partial charge in [0.1, 0.15) is 5.69 Å². The molecular weight excluding hydrogens is 346 g/mol. The maximum Gasteiger partial charge on any atom is 0.272 e. The molecule has 146 valence electrons. The summed E-state index contributed by atoms with van der Waals surface area (Å²) in [6.45, 7) is 7.54. The summed E-state index contributed by atoms with van der Waals surface area (Å²) < 4.78 is 0. The molecule has 1 saturated heterocycles. The summed E-state index contributed by atoms with van der Waals surface area (Å²) in [5, 5.41) is 3.49. The number of carbonyl (C=O) groups is 1. The number of allylic oxidation sites excluding steroid dienone is 1. The summed E-state index contributed by atoms with van der Waals surface area (Å²) in [7, 11) is 0. The smallest absolute Gasteiger partial charge is 0.272 e. The number of nitrogens with zero attached hydrogens (tertiary/aromatic N) is 2. The maximum absolute atomic E-state index is 12.6. The normalized spacial score (nSPS) is 17.7. The number of fused-ring (bicyclic) bond motifs is 1. The van der Waals surface area contributed by atoms with Crippen molar-refractivity contribution in [1.82, 2.24) is 15.2 Å². The number of rotatable bonds is 4. The first-order chi connectivity index (χ1) is 13.7. The quantitative estimate of drug-likeness (QED) is 0.881. The molecule has 1 N–H and O–H groups in total. The van der Waals surface area contributed by atoms with Gasteiger partial charge in [-0.15, -0.1) is 0 Å². The molecule has 0 bridgehead atoms. The Morgan fingerprint density at radius 2 is 1.86 bits per heavy atom. The molecule has 1 aromatic carbocycles. The van der Waals surface area contributed by atoms with Crippen molar-refractivity contribution >= 4 is 11.5 Å². The monoisotopic (exact) mass is 375 g/mol. The number of amides is 1. The lowest BCUT2D eigenvalue weighted by Crippen LogP contribution is -2.38. The van der Waals surface area contributed by atoms with E-state index in [1.54, 1.807) is 4.90 Å². The summed E-state index contributed by atoms with van der Waals surface area (Å²) in [5.74, 6) is 0.00407. The highest BCUT2D eigenvalue weighted by Gasteiger charge is 2.35. The van der Waals surface area contributed by atoms with Crippen LogP contribution >= 0.6 is 0 Å². The molecule has 1 aliphatic carbocycles. The largest absolute Gasteiger partial charge is 0.338 e. The van der Waals surface area contributed by atoms with Crippen LogP contribution in [0.15, 0.2) is 48.7 Å². The fraction of sp³-hybridized carbons (Fsp3) is 0.417. The number of piperidine rings is 1. The molecule has 0 unspecified atom stereocenters. The zero-order valence-corrected chi connectivity index (χ0v) is 16.9. The van der Waals surface area contributed by atoms with Crippen LogP contribution in [0, 0.1) is 5.41 Å². The molecule has 4 rings (SSSR count). The lowest BCUT2D eigenvalue weighted by atomic mass is 9.67. The zero-order chi connectivity index (χ0) is 19.6. The Balaban J connectivity index is 1.71. The molecule has 0 saturated carbocycles.